The molecule has 0 saturated heterocycles. The molecule has 0 aliphatic rings. The second-order valence-electron chi connectivity index (χ2n) is 4.61. The summed E-state index contributed by atoms with van der Waals surface area (Å²) in [4.78, 5) is 15.9. The third-order valence-electron chi connectivity index (χ3n) is 2.93. The van der Waals surface area contributed by atoms with Gasteiger partial charge in [0.25, 0.3) is 5.91 Å². The van der Waals surface area contributed by atoms with Crippen LogP contribution in [0.5, 0.6) is 0 Å². The van der Waals surface area contributed by atoms with Crippen LogP contribution in [0.2, 0.25) is 0 Å². The van der Waals surface area contributed by atoms with Gasteiger partial charge < -0.3 is 9.88 Å². The molecule has 9 heteroatoms. The lowest BCUT2D eigenvalue weighted by atomic mass is 10.2. The molecule has 2 aromatic rings. The van der Waals surface area contributed by atoms with Crippen LogP contribution in [0, 0.1) is 6.92 Å². The number of rotatable bonds is 4. The maximum atomic E-state index is 12.6. The highest BCUT2D eigenvalue weighted by Gasteiger charge is 2.36. The average molecular weight is 301 g/mol. The zero-order chi connectivity index (χ0) is 15.6. The van der Waals surface area contributed by atoms with E-state index in [1.54, 1.807) is 17.1 Å². The predicted octanol–water partition coefficient (Wildman–Crippen LogP) is 1.44. The van der Waals surface area contributed by atoms with Crippen LogP contribution in [0.25, 0.3) is 0 Å². The topological polar surface area (TPSA) is 75.6 Å². The third kappa shape index (κ3) is 3.41. The number of nitrogens with zero attached hydrogens (tertiary/aromatic N) is 3. The summed E-state index contributed by atoms with van der Waals surface area (Å²) in [6.07, 6.45) is -0.635. The fourth-order valence-electron chi connectivity index (χ4n) is 1.88. The van der Waals surface area contributed by atoms with Crippen molar-refractivity contribution in [2.45, 2.75) is 19.5 Å². The maximum Gasteiger partial charge on any atom is 0.433 e. The summed E-state index contributed by atoms with van der Waals surface area (Å²) in [5.74, 6) is -0.643. The summed E-state index contributed by atoms with van der Waals surface area (Å²) >= 11 is 0. The molecule has 0 fully saturated rings. The van der Waals surface area contributed by atoms with Gasteiger partial charge in [-0.05, 0) is 6.92 Å². The first kappa shape index (κ1) is 15.1. The van der Waals surface area contributed by atoms with E-state index in [2.05, 4.69) is 15.4 Å². The van der Waals surface area contributed by atoms with E-state index in [-0.39, 0.29) is 17.8 Å². The van der Waals surface area contributed by atoms with Crippen molar-refractivity contribution in [1.82, 2.24) is 25.1 Å². The van der Waals surface area contributed by atoms with E-state index in [0.29, 0.717) is 6.42 Å². The second kappa shape index (κ2) is 5.58. The third-order valence-corrected chi connectivity index (χ3v) is 2.93. The number of carbonyl (C=O) groups is 1. The fraction of sp³-hybridized carbons (Fsp3) is 0.417. The summed E-state index contributed by atoms with van der Waals surface area (Å²) in [5, 5.41) is 7.81. The zero-order valence-corrected chi connectivity index (χ0v) is 11.5. The minimum atomic E-state index is -4.55. The average Bonchev–Trinajstić information content (AvgIpc) is 2.94. The lowest BCUT2D eigenvalue weighted by Crippen LogP contribution is -2.26. The first-order valence-electron chi connectivity index (χ1n) is 6.16. The van der Waals surface area contributed by atoms with Crippen molar-refractivity contribution in [1.29, 1.82) is 0 Å². The van der Waals surface area contributed by atoms with E-state index in [1.807, 2.05) is 12.1 Å². The summed E-state index contributed by atoms with van der Waals surface area (Å²) < 4.78 is 39.5. The first-order valence-corrected chi connectivity index (χ1v) is 6.16. The SMILES string of the molecule is Cc1c(C(=O)NCCc2cn(C)cn2)n[nH]c1C(F)(F)F. The number of imidazole rings is 1. The molecule has 21 heavy (non-hydrogen) atoms. The van der Waals surface area contributed by atoms with Crippen molar-refractivity contribution in [3.8, 4) is 0 Å². The van der Waals surface area contributed by atoms with Crippen molar-refractivity contribution in [3.63, 3.8) is 0 Å². The van der Waals surface area contributed by atoms with E-state index < -0.39 is 17.8 Å². The van der Waals surface area contributed by atoms with Gasteiger partial charge in [-0.2, -0.15) is 18.3 Å². The van der Waals surface area contributed by atoms with Crippen LogP contribution in [-0.4, -0.2) is 32.2 Å². The predicted molar refractivity (Wildman–Crippen MR) is 67.6 cm³/mol. The number of aryl methyl sites for hydroxylation is 1. The molecule has 0 bridgehead atoms. The number of hydrogen-bond donors (Lipinski definition) is 2. The molecule has 1 amide bonds. The first-order chi connectivity index (χ1) is 9.79. The van der Waals surface area contributed by atoms with Gasteiger partial charge in [0.15, 0.2) is 5.69 Å². The summed E-state index contributed by atoms with van der Waals surface area (Å²) in [7, 11) is 1.82. The molecule has 0 saturated carbocycles. The molecule has 0 unspecified atom stereocenters. The molecule has 114 valence electrons. The van der Waals surface area contributed by atoms with Crippen molar-refractivity contribution in [2.75, 3.05) is 6.54 Å². The normalized spacial score (nSPS) is 11.7. The van der Waals surface area contributed by atoms with Gasteiger partial charge in [-0.25, -0.2) is 4.98 Å². The molecule has 2 rings (SSSR count). The molecule has 0 aliphatic heterocycles. The Morgan fingerprint density at radius 3 is 2.71 bits per heavy atom. The number of alkyl halides is 3. The van der Waals surface area contributed by atoms with Crippen LogP contribution < -0.4 is 5.32 Å². The van der Waals surface area contributed by atoms with E-state index >= 15 is 0 Å². The smallest absolute Gasteiger partial charge is 0.350 e. The van der Waals surface area contributed by atoms with Gasteiger partial charge in [-0.1, -0.05) is 0 Å². The highest BCUT2D eigenvalue weighted by molar-refractivity contribution is 5.93. The highest BCUT2D eigenvalue weighted by atomic mass is 19.4. The Kier molecular flexibility index (Phi) is 4.01. The Morgan fingerprint density at radius 2 is 2.19 bits per heavy atom. The standard InChI is InChI=1S/C12H14F3N5O/c1-7-9(18-19-10(7)12(13,14)15)11(21)16-4-3-8-5-20(2)6-17-8/h5-6H,3-4H2,1-2H3,(H,16,21)(H,18,19). The Hall–Kier alpha value is -2.32. The minimum absolute atomic E-state index is 0.210. The lowest BCUT2D eigenvalue weighted by Gasteiger charge is -2.05. The van der Waals surface area contributed by atoms with Crippen molar-refractivity contribution in [3.05, 3.63) is 35.2 Å². The molecular weight excluding hydrogens is 287 g/mol. The van der Waals surface area contributed by atoms with Gasteiger partial charge in [-0.3, -0.25) is 9.89 Å². The Bertz CT molecular complexity index is 644. The van der Waals surface area contributed by atoms with Gasteiger partial charge in [0, 0.05) is 31.8 Å². The van der Waals surface area contributed by atoms with Gasteiger partial charge in [0.1, 0.15) is 5.69 Å². The quantitative estimate of drug-likeness (QED) is 0.897. The molecule has 2 N–H and O–H groups in total. The van der Waals surface area contributed by atoms with Crippen LogP contribution in [0.4, 0.5) is 13.2 Å². The molecule has 6 nitrogen and oxygen atoms in total. The number of nitrogens with one attached hydrogen (secondary N) is 2. The lowest BCUT2D eigenvalue weighted by molar-refractivity contribution is -0.141. The maximum absolute atomic E-state index is 12.6. The van der Waals surface area contributed by atoms with E-state index in [4.69, 9.17) is 0 Å². The Labute approximate surface area is 118 Å². The van der Waals surface area contributed by atoms with Gasteiger partial charge >= 0.3 is 6.18 Å². The van der Waals surface area contributed by atoms with Crippen molar-refractivity contribution in [2.24, 2.45) is 7.05 Å². The summed E-state index contributed by atoms with van der Waals surface area (Å²) in [5.41, 5.74) is -0.675. The number of aromatic amines is 1. The minimum Gasteiger partial charge on any atom is -0.350 e. The molecule has 0 spiro atoms. The number of hydrogen-bond acceptors (Lipinski definition) is 3. The molecule has 0 aliphatic carbocycles. The molecular formula is C12H14F3N5O. The highest BCUT2D eigenvalue weighted by Crippen LogP contribution is 2.30. The van der Waals surface area contributed by atoms with Crippen LogP contribution in [-0.2, 0) is 19.6 Å². The zero-order valence-electron chi connectivity index (χ0n) is 11.5. The van der Waals surface area contributed by atoms with Crippen LogP contribution in [0.15, 0.2) is 12.5 Å². The monoisotopic (exact) mass is 301 g/mol. The summed E-state index contributed by atoms with van der Waals surface area (Å²) in [6, 6.07) is 0. The number of amides is 1. The van der Waals surface area contributed by atoms with E-state index in [9.17, 15) is 18.0 Å². The largest absolute Gasteiger partial charge is 0.433 e. The van der Waals surface area contributed by atoms with Crippen molar-refractivity contribution >= 4 is 5.91 Å². The molecule has 2 aromatic heterocycles. The Balaban J connectivity index is 1.96. The van der Waals surface area contributed by atoms with Crippen LogP contribution in [0.1, 0.15) is 27.4 Å². The number of halogens is 3. The van der Waals surface area contributed by atoms with E-state index in [1.165, 1.54) is 6.92 Å². The fourth-order valence-corrected chi connectivity index (χ4v) is 1.88. The van der Waals surface area contributed by atoms with Crippen LogP contribution in [0.3, 0.4) is 0 Å². The number of aromatic nitrogens is 4. The van der Waals surface area contributed by atoms with Gasteiger partial charge in [-0.15, -0.1) is 0 Å². The molecule has 2 heterocycles. The Morgan fingerprint density at radius 1 is 1.48 bits per heavy atom. The molecule has 0 aromatic carbocycles. The number of carbonyl (C=O) groups excluding carboxylic acids is 1. The van der Waals surface area contributed by atoms with Crippen molar-refractivity contribution < 1.29 is 18.0 Å². The van der Waals surface area contributed by atoms with Gasteiger partial charge in [0.2, 0.25) is 0 Å². The second-order valence-corrected chi connectivity index (χ2v) is 4.61. The van der Waals surface area contributed by atoms with Crippen LogP contribution >= 0.6 is 0 Å². The number of H-pyrrole nitrogens is 1. The summed E-state index contributed by atoms with van der Waals surface area (Å²) in [6.45, 7) is 1.48. The molecule has 0 atom stereocenters. The van der Waals surface area contributed by atoms with Gasteiger partial charge in [0.05, 0.1) is 12.0 Å². The molecule has 0 radical (unpaired) electrons. The van der Waals surface area contributed by atoms with E-state index in [0.717, 1.165) is 5.69 Å².